The van der Waals surface area contributed by atoms with E-state index < -0.39 is 0 Å². The van der Waals surface area contributed by atoms with Crippen LogP contribution in [0.2, 0.25) is 0 Å². The smallest absolute Gasteiger partial charge is 0.239 e. The Hall–Kier alpha value is -3.27. The number of rotatable bonds is 1. The number of carbonyl (C=O) groups is 2. The molecule has 0 radical (unpaired) electrons. The molecular weight excluding hydrogens is 348 g/mol. The Kier molecular flexibility index (Phi) is 3.03. The zero-order chi connectivity index (χ0) is 19.0. The van der Waals surface area contributed by atoms with Crippen molar-refractivity contribution in [1.82, 2.24) is 4.98 Å². The van der Waals surface area contributed by atoms with E-state index in [1.54, 1.807) is 6.20 Å². The Balaban J connectivity index is 1.58. The number of pyridine rings is 1. The first kappa shape index (κ1) is 15.8. The molecule has 136 valence electrons. The molecule has 2 amide bonds. The number of carbonyl (C=O) groups excluding carboxylic acids is 2. The molecule has 2 aromatic carbocycles. The van der Waals surface area contributed by atoms with Crippen LogP contribution in [0.25, 0.3) is 0 Å². The van der Waals surface area contributed by atoms with Gasteiger partial charge in [-0.1, -0.05) is 48.5 Å². The van der Waals surface area contributed by atoms with Crippen LogP contribution in [0.5, 0.6) is 0 Å². The molecule has 3 aromatic rings. The monoisotopic (exact) mass is 366 g/mol. The summed E-state index contributed by atoms with van der Waals surface area (Å²) in [5, 5.41) is 0. The number of aryl methyl sites for hydroxylation is 1. The van der Waals surface area contributed by atoms with Gasteiger partial charge in [0, 0.05) is 18.0 Å². The first-order valence-corrected chi connectivity index (χ1v) is 9.65. The molecule has 0 unspecified atom stereocenters. The molecule has 2 bridgehead atoms. The molecule has 2 atom stereocenters. The molecule has 1 saturated heterocycles. The lowest BCUT2D eigenvalue weighted by Crippen LogP contribution is -2.41. The molecule has 28 heavy (non-hydrogen) atoms. The molecule has 2 heterocycles. The summed E-state index contributed by atoms with van der Waals surface area (Å²) in [7, 11) is 0. The lowest BCUT2D eigenvalue weighted by atomic mass is 9.55. The maximum absolute atomic E-state index is 13.5. The van der Waals surface area contributed by atoms with Gasteiger partial charge in [-0.3, -0.25) is 9.59 Å². The van der Waals surface area contributed by atoms with Crippen molar-refractivity contribution < 1.29 is 9.59 Å². The van der Waals surface area contributed by atoms with Gasteiger partial charge in [0.05, 0.1) is 11.8 Å². The summed E-state index contributed by atoms with van der Waals surface area (Å²) in [6.45, 7) is 1.94. The summed E-state index contributed by atoms with van der Waals surface area (Å²) < 4.78 is 0. The van der Waals surface area contributed by atoms with Crippen LogP contribution < -0.4 is 4.90 Å². The predicted octanol–water partition coefficient (Wildman–Crippen LogP) is 3.79. The molecule has 4 aliphatic rings. The molecule has 4 nitrogen and oxygen atoms in total. The Bertz CT molecular complexity index is 1050. The fourth-order valence-corrected chi connectivity index (χ4v) is 5.55. The van der Waals surface area contributed by atoms with E-state index in [1.807, 2.05) is 43.3 Å². The van der Waals surface area contributed by atoms with Gasteiger partial charge in [0.2, 0.25) is 11.8 Å². The summed E-state index contributed by atoms with van der Waals surface area (Å²) in [6, 6.07) is 20.3. The Morgan fingerprint density at radius 1 is 0.750 bits per heavy atom. The lowest BCUT2D eigenvalue weighted by molar-refractivity contribution is -0.122. The fourth-order valence-electron chi connectivity index (χ4n) is 5.55. The number of hydrogen-bond donors (Lipinski definition) is 0. The molecule has 0 saturated carbocycles. The van der Waals surface area contributed by atoms with Crippen LogP contribution in [0.15, 0.2) is 66.9 Å². The zero-order valence-electron chi connectivity index (χ0n) is 15.4. The Morgan fingerprint density at radius 2 is 1.21 bits per heavy atom. The predicted molar refractivity (Wildman–Crippen MR) is 105 cm³/mol. The summed E-state index contributed by atoms with van der Waals surface area (Å²) in [5.41, 5.74) is 5.73. The van der Waals surface area contributed by atoms with Gasteiger partial charge < -0.3 is 0 Å². The quantitative estimate of drug-likeness (QED) is 0.616. The third-order valence-electron chi connectivity index (χ3n) is 6.58. The average Bonchev–Trinajstić information content (AvgIpc) is 2.99. The molecule has 4 heteroatoms. The van der Waals surface area contributed by atoms with Gasteiger partial charge in [-0.25, -0.2) is 9.88 Å². The van der Waals surface area contributed by atoms with Crippen LogP contribution in [-0.2, 0) is 9.59 Å². The minimum atomic E-state index is -0.357. The number of imide groups is 1. The second kappa shape index (κ2) is 5.38. The second-order valence-corrected chi connectivity index (χ2v) is 7.97. The number of aromatic nitrogens is 1. The van der Waals surface area contributed by atoms with E-state index in [9.17, 15) is 9.59 Å². The molecule has 1 fully saturated rings. The summed E-state index contributed by atoms with van der Waals surface area (Å²) in [6.07, 6.45) is 1.66. The number of amides is 2. The van der Waals surface area contributed by atoms with Crippen LogP contribution in [0.4, 0.5) is 5.82 Å². The maximum Gasteiger partial charge on any atom is 0.239 e. The molecule has 1 aliphatic heterocycles. The number of hydrogen-bond acceptors (Lipinski definition) is 3. The van der Waals surface area contributed by atoms with Gasteiger partial charge >= 0.3 is 0 Å². The SMILES string of the molecule is Cc1ccnc(N2C(=O)[C@@H]3C4c5ccccc5C(c5ccccc54)[C@H]3C2=O)c1. The van der Waals surface area contributed by atoms with E-state index in [-0.39, 0.29) is 35.5 Å². The van der Waals surface area contributed by atoms with Gasteiger partial charge in [0.25, 0.3) is 0 Å². The normalized spacial score (nSPS) is 26.8. The topological polar surface area (TPSA) is 50.3 Å². The van der Waals surface area contributed by atoms with Crippen molar-refractivity contribution in [3.63, 3.8) is 0 Å². The maximum atomic E-state index is 13.5. The van der Waals surface area contributed by atoms with Gasteiger partial charge in [-0.15, -0.1) is 0 Å². The third kappa shape index (κ3) is 1.82. The minimum absolute atomic E-state index is 0.0753. The molecule has 3 aliphatic carbocycles. The van der Waals surface area contributed by atoms with Crippen molar-refractivity contribution in [2.24, 2.45) is 11.8 Å². The van der Waals surface area contributed by atoms with Crippen LogP contribution in [-0.4, -0.2) is 16.8 Å². The van der Waals surface area contributed by atoms with Gasteiger partial charge in [-0.2, -0.15) is 0 Å². The first-order chi connectivity index (χ1) is 13.7. The molecule has 7 rings (SSSR count). The van der Waals surface area contributed by atoms with Crippen molar-refractivity contribution in [2.75, 3.05) is 4.90 Å². The van der Waals surface area contributed by atoms with Crippen molar-refractivity contribution in [2.45, 2.75) is 18.8 Å². The molecular formula is C24H18N2O2. The summed E-state index contributed by atoms with van der Waals surface area (Å²) >= 11 is 0. The number of nitrogens with zero attached hydrogens (tertiary/aromatic N) is 2. The zero-order valence-corrected chi connectivity index (χ0v) is 15.4. The van der Waals surface area contributed by atoms with Crippen molar-refractivity contribution >= 4 is 17.6 Å². The lowest BCUT2D eigenvalue weighted by Gasteiger charge is -2.45. The average molecular weight is 366 g/mol. The summed E-state index contributed by atoms with van der Waals surface area (Å²) in [4.78, 5) is 32.7. The number of benzene rings is 2. The van der Waals surface area contributed by atoms with E-state index in [4.69, 9.17) is 0 Å². The van der Waals surface area contributed by atoms with Crippen LogP contribution in [0.3, 0.4) is 0 Å². The van der Waals surface area contributed by atoms with Crippen molar-refractivity contribution in [3.05, 3.63) is 94.7 Å². The van der Waals surface area contributed by atoms with E-state index >= 15 is 0 Å². The van der Waals surface area contributed by atoms with Crippen LogP contribution in [0.1, 0.15) is 39.7 Å². The van der Waals surface area contributed by atoms with Gasteiger partial charge in [-0.05, 0) is 46.9 Å². The fraction of sp³-hybridized carbons (Fsp3) is 0.208. The van der Waals surface area contributed by atoms with E-state index in [1.165, 1.54) is 27.2 Å². The van der Waals surface area contributed by atoms with Gasteiger partial charge in [0.1, 0.15) is 5.82 Å². The van der Waals surface area contributed by atoms with E-state index in [0.717, 1.165) is 5.56 Å². The Labute approximate surface area is 162 Å². The standard InChI is InChI=1S/C24H18N2O2/c1-13-10-11-25-18(12-13)26-23(27)21-19-14-6-2-3-7-15(14)20(22(21)24(26)28)17-9-5-4-8-16(17)19/h2-12,19-22H,1H3/t19?,20?,21-,22-/m1/s1. The molecule has 0 spiro atoms. The number of anilines is 1. The van der Waals surface area contributed by atoms with Crippen LogP contribution >= 0.6 is 0 Å². The molecule has 1 aromatic heterocycles. The summed E-state index contributed by atoms with van der Waals surface area (Å²) in [5.74, 6) is -0.660. The van der Waals surface area contributed by atoms with E-state index in [0.29, 0.717) is 5.82 Å². The van der Waals surface area contributed by atoms with E-state index in [2.05, 4.69) is 29.2 Å². The second-order valence-electron chi connectivity index (χ2n) is 7.97. The highest BCUT2D eigenvalue weighted by Gasteiger charge is 2.61. The third-order valence-corrected chi connectivity index (χ3v) is 6.58. The Morgan fingerprint density at radius 3 is 1.64 bits per heavy atom. The van der Waals surface area contributed by atoms with Gasteiger partial charge in [0.15, 0.2) is 0 Å². The highest BCUT2D eigenvalue weighted by Crippen LogP contribution is 2.61. The minimum Gasteiger partial charge on any atom is -0.274 e. The van der Waals surface area contributed by atoms with Crippen LogP contribution in [0, 0.1) is 18.8 Å². The first-order valence-electron chi connectivity index (χ1n) is 9.65. The largest absolute Gasteiger partial charge is 0.274 e. The highest BCUT2D eigenvalue weighted by molar-refractivity contribution is 6.23. The highest BCUT2D eigenvalue weighted by atomic mass is 16.2. The van der Waals surface area contributed by atoms with Crippen molar-refractivity contribution in [3.8, 4) is 0 Å². The van der Waals surface area contributed by atoms with Crippen molar-refractivity contribution in [1.29, 1.82) is 0 Å². The molecule has 0 N–H and O–H groups in total.